The van der Waals surface area contributed by atoms with E-state index < -0.39 is 0 Å². The van der Waals surface area contributed by atoms with E-state index in [0.29, 0.717) is 0 Å². The molecule has 0 spiro atoms. The lowest BCUT2D eigenvalue weighted by Crippen LogP contribution is -2.11. The van der Waals surface area contributed by atoms with E-state index in [1.807, 2.05) is 0 Å². The van der Waals surface area contributed by atoms with Crippen LogP contribution in [0.15, 0.2) is 17.2 Å². The maximum Gasteiger partial charge on any atom is 0.152 e. The molecule has 0 heterocycles. The minimum absolute atomic E-state index is 0.210. The van der Waals surface area contributed by atoms with Gasteiger partial charge in [-0.05, 0) is 12.1 Å². The fourth-order valence-corrected chi connectivity index (χ4v) is 1.21. The molecule has 82 valence electrons. The first-order valence-electron chi connectivity index (χ1n) is 3.96. The van der Waals surface area contributed by atoms with Crippen LogP contribution in [0.1, 0.15) is 5.56 Å². The first-order valence-corrected chi connectivity index (χ1v) is 4.34. The molecule has 0 unspecified atom stereocenters. The molecule has 0 amide bonds. The van der Waals surface area contributed by atoms with E-state index in [4.69, 9.17) is 22.0 Å². The van der Waals surface area contributed by atoms with Crippen LogP contribution < -0.4 is 10.7 Å². The summed E-state index contributed by atoms with van der Waals surface area (Å²) in [5.41, 5.74) is 2.53. The lowest BCUT2D eigenvalue weighted by atomic mass is 10.2. The van der Waals surface area contributed by atoms with Crippen LogP contribution in [0.25, 0.3) is 0 Å². The Bertz CT molecular complexity index is 382. The van der Waals surface area contributed by atoms with E-state index in [9.17, 15) is 5.11 Å². The lowest BCUT2D eigenvalue weighted by Gasteiger charge is -2.11. The zero-order chi connectivity index (χ0) is 11.4. The molecule has 15 heavy (non-hydrogen) atoms. The fourth-order valence-electron chi connectivity index (χ4n) is 0.990. The zero-order valence-electron chi connectivity index (χ0n) is 7.85. The number of nitrogens with zero attached hydrogens (tertiary/aromatic N) is 2. The summed E-state index contributed by atoms with van der Waals surface area (Å²) in [5.74, 6) is -0.330. The number of rotatable bonds is 3. The summed E-state index contributed by atoms with van der Waals surface area (Å²) in [5, 5.41) is 30.9. The minimum atomic E-state index is -0.330. The SMILES string of the molecule is CN/N=C/c1cc(Cl)cc(N(O)O)c1O. The van der Waals surface area contributed by atoms with Gasteiger partial charge in [0, 0.05) is 17.6 Å². The van der Waals surface area contributed by atoms with Crippen LogP contribution in [0, 0.1) is 0 Å². The number of benzene rings is 1. The van der Waals surface area contributed by atoms with Gasteiger partial charge in [-0.15, -0.1) is 5.23 Å². The molecule has 0 aromatic heterocycles. The van der Waals surface area contributed by atoms with Gasteiger partial charge in [0.1, 0.15) is 5.69 Å². The van der Waals surface area contributed by atoms with Crippen LogP contribution in [-0.4, -0.2) is 28.8 Å². The van der Waals surface area contributed by atoms with E-state index in [2.05, 4.69) is 10.5 Å². The number of hydrogen-bond donors (Lipinski definition) is 4. The van der Waals surface area contributed by atoms with Crippen molar-refractivity contribution in [3.63, 3.8) is 0 Å². The fraction of sp³-hybridized carbons (Fsp3) is 0.125. The second kappa shape index (κ2) is 4.83. The molecule has 6 nitrogen and oxygen atoms in total. The number of halogens is 1. The van der Waals surface area contributed by atoms with Gasteiger partial charge in [0.2, 0.25) is 0 Å². The number of phenols is 1. The van der Waals surface area contributed by atoms with Crippen molar-refractivity contribution in [3.8, 4) is 5.75 Å². The van der Waals surface area contributed by atoms with Gasteiger partial charge in [-0.1, -0.05) is 11.6 Å². The topological polar surface area (TPSA) is 88.3 Å². The maximum atomic E-state index is 9.57. The van der Waals surface area contributed by atoms with Crippen LogP contribution in [0.4, 0.5) is 5.69 Å². The third kappa shape index (κ3) is 2.72. The van der Waals surface area contributed by atoms with Gasteiger partial charge >= 0.3 is 0 Å². The standard InChI is InChI=1S/C8H10ClN3O3/c1-10-11-4-5-2-6(9)3-7(8(5)13)12(14)15/h2-4,10,13-15H,1H3/b11-4+. The number of nitrogens with one attached hydrogen (secondary N) is 1. The Morgan fingerprint density at radius 1 is 1.47 bits per heavy atom. The second-order valence-corrected chi connectivity index (χ2v) is 3.07. The molecule has 0 aliphatic carbocycles. The third-order valence-electron chi connectivity index (χ3n) is 1.63. The van der Waals surface area contributed by atoms with Crippen molar-refractivity contribution in [2.24, 2.45) is 5.10 Å². The first-order chi connectivity index (χ1) is 7.06. The molecule has 1 rings (SSSR count). The average molecular weight is 232 g/mol. The van der Waals surface area contributed by atoms with Gasteiger partial charge < -0.3 is 10.5 Å². The van der Waals surface area contributed by atoms with Crippen molar-refractivity contribution in [2.75, 3.05) is 12.3 Å². The molecule has 4 N–H and O–H groups in total. The monoisotopic (exact) mass is 231 g/mol. The van der Waals surface area contributed by atoms with E-state index in [1.165, 1.54) is 18.3 Å². The highest BCUT2D eigenvalue weighted by Crippen LogP contribution is 2.32. The molecule has 0 radical (unpaired) electrons. The number of aromatic hydroxyl groups is 1. The molecule has 0 atom stereocenters. The Morgan fingerprint density at radius 2 is 2.13 bits per heavy atom. The van der Waals surface area contributed by atoms with Crippen LogP contribution in [0.2, 0.25) is 5.02 Å². The highest BCUT2D eigenvalue weighted by atomic mass is 35.5. The van der Waals surface area contributed by atoms with Crippen molar-refractivity contribution < 1.29 is 15.5 Å². The number of hydrogen-bond acceptors (Lipinski definition) is 6. The predicted octanol–water partition coefficient (Wildman–Crippen LogP) is 1.18. The van der Waals surface area contributed by atoms with Crippen molar-refractivity contribution in [2.45, 2.75) is 0 Å². The molecular formula is C8H10ClN3O3. The van der Waals surface area contributed by atoms with Crippen LogP contribution in [-0.2, 0) is 0 Å². The number of anilines is 1. The van der Waals surface area contributed by atoms with Crippen molar-refractivity contribution in [1.82, 2.24) is 5.43 Å². The van der Waals surface area contributed by atoms with Gasteiger partial charge in [-0.2, -0.15) is 5.10 Å². The van der Waals surface area contributed by atoms with Crippen molar-refractivity contribution >= 4 is 23.5 Å². The molecule has 0 aliphatic rings. The Kier molecular flexibility index (Phi) is 3.73. The van der Waals surface area contributed by atoms with E-state index in [0.717, 1.165) is 0 Å². The normalized spacial score (nSPS) is 10.7. The summed E-state index contributed by atoms with van der Waals surface area (Å²) in [6, 6.07) is 2.64. The summed E-state index contributed by atoms with van der Waals surface area (Å²) in [4.78, 5) is 0. The molecule has 1 aromatic rings. The largest absolute Gasteiger partial charge is 0.505 e. The molecule has 0 saturated carbocycles. The van der Waals surface area contributed by atoms with Crippen LogP contribution >= 0.6 is 11.6 Å². The Balaban J connectivity index is 3.22. The first kappa shape index (κ1) is 11.6. The predicted molar refractivity (Wildman–Crippen MR) is 55.8 cm³/mol. The summed E-state index contributed by atoms with van der Waals surface area (Å²) < 4.78 is 0. The molecule has 0 fully saturated rings. The smallest absolute Gasteiger partial charge is 0.152 e. The van der Waals surface area contributed by atoms with Crippen molar-refractivity contribution in [1.29, 1.82) is 0 Å². The average Bonchev–Trinajstić information content (AvgIpc) is 2.18. The quantitative estimate of drug-likeness (QED) is 0.464. The van der Waals surface area contributed by atoms with Gasteiger partial charge in [0.25, 0.3) is 0 Å². The Hall–Kier alpha value is -1.50. The number of hydrazone groups is 1. The molecule has 0 aliphatic heterocycles. The molecule has 1 aromatic carbocycles. The molecular weight excluding hydrogens is 222 g/mol. The molecule has 7 heteroatoms. The number of phenolic OH excluding ortho intramolecular Hbond substituents is 1. The van der Waals surface area contributed by atoms with Crippen molar-refractivity contribution in [3.05, 3.63) is 22.7 Å². The van der Waals surface area contributed by atoms with E-state index >= 15 is 0 Å². The van der Waals surface area contributed by atoms with Gasteiger partial charge in [-0.3, -0.25) is 10.4 Å². The third-order valence-corrected chi connectivity index (χ3v) is 1.85. The summed E-state index contributed by atoms with van der Waals surface area (Å²) in [6.45, 7) is 0. The highest BCUT2D eigenvalue weighted by molar-refractivity contribution is 6.31. The summed E-state index contributed by atoms with van der Waals surface area (Å²) in [7, 11) is 1.59. The minimum Gasteiger partial charge on any atom is -0.505 e. The zero-order valence-corrected chi connectivity index (χ0v) is 8.60. The van der Waals surface area contributed by atoms with Gasteiger partial charge in [0.15, 0.2) is 5.75 Å². The Morgan fingerprint density at radius 3 is 2.67 bits per heavy atom. The maximum absolute atomic E-state index is 9.57. The Labute approximate surface area is 90.9 Å². The second-order valence-electron chi connectivity index (χ2n) is 2.63. The van der Waals surface area contributed by atoms with Gasteiger partial charge in [-0.25, -0.2) is 0 Å². The van der Waals surface area contributed by atoms with E-state index in [1.54, 1.807) is 7.05 Å². The molecule has 0 bridgehead atoms. The highest BCUT2D eigenvalue weighted by Gasteiger charge is 2.12. The van der Waals surface area contributed by atoms with E-state index in [-0.39, 0.29) is 27.2 Å². The lowest BCUT2D eigenvalue weighted by molar-refractivity contribution is 0.0279. The van der Waals surface area contributed by atoms with Crippen LogP contribution in [0.5, 0.6) is 5.75 Å². The summed E-state index contributed by atoms with van der Waals surface area (Å²) >= 11 is 5.70. The summed E-state index contributed by atoms with van der Waals surface area (Å²) in [6.07, 6.45) is 1.30. The van der Waals surface area contributed by atoms with Crippen LogP contribution in [0.3, 0.4) is 0 Å². The van der Waals surface area contributed by atoms with Gasteiger partial charge in [0.05, 0.1) is 6.21 Å². The molecule has 0 saturated heterocycles.